The van der Waals surface area contributed by atoms with Crippen molar-refractivity contribution in [1.29, 1.82) is 0 Å². The SMILES string of the molecule is Cc1cnccc1C=CC(=O)N(C)C. The summed E-state index contributed by atoms with van der Waals surface area (Å²) in [5.41, 5.74) is 2.09. The van der Waals surface area contributed by atoms with E-state index >= 15 is 0 Å². The molecule has 0 saturated carbocycles. The van der Waals surface area contributed by atoms with E-state index in [0.717, 1.165) is 11.1 Å². The summed E-state index contributed by atoms with van der Waals surface area (Å²) >= 11 is 0. The highest BCUT2D eigenvalue weighted by Gasteiger charge is 1.97. The molecule has 1 aromatic heterocycles. The quantitative estimate of drug-likeness (QED) is 0.662. The van der Waals surface area contributed by atoms with Crippen LogP contribution in [0.4, 0.5) is 0 Å². The van der Waals surface area contributed by atoms with Crippen LogP contribution in [0.2, 0.25) is 0 Å². The molecule has 0 unspecified atom stereocenters. The Balaban J connectivity index is 2.79. The zero-order valence-electron chi connectivity index (χ0n) is 8.69. The van der Waals surface area contributed by atoms with Gasteiger partial charge in [-0.05, 0) is 30.2 Å². The zero-order valence-corrected chi connectivity index (χ0v) is 8.69. The number of hydrogen-bond acceptors (Lipinski definition) is 2. The fraction of sp³-hybridized carbons (Fsp3) is 0.273. The van der Waals surface area contributed by atoms with Gasteiger partial charge in [-0.3, -0.25) is 9.78 Å². The number of rotatable bonds is 2. The standard InChI is InChI=1S/C11H14N2O/c1-9-8-12-7-6-10(9)4-5-11(14)13(2)3/h4-8H,1-3H3. The molecule has 0 fully saturated rings. The fourth-order valence-corrected chi connectivity index (χ4v) is 0.981. The summed E-state index contributed by atoms with van der Waals surface area (Å²) in [5, 5.41) is 0. The predicted octanol–water partition coefficient (Wildman–Crippen LogP) is 1.49. The first-order chi connectivity index (χ1) is 6.61. The molecule has 1 rings (SSSR count). The van der Waals surface area contributed by atoms with Gasteiger partial charge < -0.3 is 4.90 Å². The van der Waals surface area contributed by atoms with Crippen molar-refractivity contribution in [3.8, 4) is 0 Å². The molecule has 0 spiro atoms. The molecule has 1 heterocycles. The minimum atomic E-state index is -0.0128. The molecule has 1 aromatic rings. The van der Waals surface area contributed by atoms with Gasteiger partial charge in [-0.25, -0.2) is 0 Å². The molecule has 0 aliphatic rings. The molecular formula is C11H14N2O. The molecule has 74 valence electrons. The molecule has 0 bridgehead atoms. The van der Waals surface area contributed by atoms with Gasteiger partial charge >= 0.3 is 0 Å². The molecule has 0 saturated heterocycles. The number of carbonyl (C=O) groups is 1. The van der Waals surface area contributed by atoms with Crippen LogP contribution < -0.4 is 0 Å². The minimum absolute atomic E-state index is 0.0128. The lowest BCUT2D eigenvalue weighted by Crippen LogP contribution is -2.18. The molecule has 0 atom stereocenters. The second kappa shape index (κ2) is 4.56. The third kappa shape index (κ3) is 2.69. The van der Waals surface area contributed by atoms with Crippen molar-refractivity contribution in [1.82, 2.24) is 9.88 Å². The molecule has 0 radical (unpaired) electrons. The number of aryl methyl sites for hydroxylation is 1. The van der Waals surface area contributed by atoms with Crippen LogP contribution in [0.25, 0.3) is 6.08 Å². The first-order valence-electron chi connectivity index (χ1n) is 4.41. The van der Waals surface area contributed by atoms with Gasteiger partial charge in [0.25, 0.3) is 0 Å². The van der Waals surface area contributed by atoms with Crippen LogP contribution in [-0.2, 0) is 4.79 Å². The van der Waals surface area contributed by atoms with Crippen LogP contribution in [0.5, 0.6) is 0 Å². The van der Waals surface area contributed by atoms with Crippen LogP contribution in [0.15, 0.2) is 24.5 Å². The molecule has 3 heteroatoms. The van der Waals surface area contributed by atoms with E-state index in [-0.39, 0.29) is 5.91 Å². The van der Waals surface area contributed by atoms with E-state index in [1.165, 1.54) is 4.90 Å². The molecule has 14 heavy (non-hydrogen) atoms. The minimum Gasteiger partial charge on any atom is -0.345 e. The van der Waals surface area contributed by atoms with Crippen molar-refractivity contribution >= 4 is 12.0 Å². The van der Waals surface area contributed by atoms with Gasteiger partial charge in [0.2, 0.25) is 5.91 Å². The van der Waals surface area contributed by atoms with Gasteiger partial charge in [-0.1, -0.05) is 0 Å². The highest BCUT2D eigenvalue weighted by molar-refractivity contribution is 5.91. The number of amides is 1. The molecule has 0 aliphatic carbocycles. The number of aromatic nitrogens is 1. The zero-order chi connectivity index (χ0) is 10.6. The third-order valence-corrected chi connectivity index (χ3v) is 1.91. The van der Waals surface area contributed by atoms with Crippen molar-refractivity contribution in [3.63, 3.8) is 0 Å². The normalized spacial score (nSPS) is 10.5. The van der Waals surface area contributed by atoms with Crippen LogP contribution in [0.3, 0.4) is 0 Å². The van der Waals surface area contributed by atoms with E-state index in [9.17, 15) is 4.79 Å². The summed E-state index contributed by atoms with van der Waals surface area (Å²) in [4.78, 5) is 16.8. The Hall–Kier alpha value is -1.64. The second-order valence-corrected chi connectivity index (χ2v) is 3.30. The lowest BCUT2D eigenvalue weighted by Gasteiger charge is -2.05. The number of pyridine rings is 1. The Morgan fingerprint density at radius 1 is 1.50 bits per heavy atom. The van der Waals surface area contributed by atoms with E-state index in [1.807, 2.05) is 13.0 Å². The van der Waals surface area contributed by atoms with Crippen LogP contribution in [-0.4, -0.2) is 29.9 Å². The maximum atomic E-state index is 11.3. The van der Waals surface area contributed by atoms with Crippen molar-refractivity contribution in [3.05, 3.63) is 35.7 Å². The second-order valence-electron chi connectivity index (χ2n) is 3.30. The Labute approximate surface area is 84.1 Å². The summed E-state index contributed by atoms with van der Waals surface area (Å²) in [6.45, 7) is 1.97. The van der Waals surface area contributed by atoms with E-state index in [4.69, 9.17) is 0 Å². The number of hydrogen-bond donors (Lipinski definition) is 0. The fourth-order valence-electron chi connectivity index (χ4n) is 0.981. The average molecular weight is 190 g/mol. The van der Waals surface area contributed by atoms with Gasteiger partial charge in [-0.15, -0.1) is 0 Å². The molecule has 0 aliphatic heterocycles. The summed E-state index contributed by atoms with van der Waals surface area (Å²) in [6.07, 6.45) is 6.86. The van der Waals surface area contributed by atoms with Crippen molar-refractivity contribution in [2.24, 2.45) is 0 Å². The molecule has 1 amide bonds. The van der Waals surface area contributed by atoms with Gasteiger partial charge in [0, 0.05) is 32.6 Å². The molecule has 0 N–H and O–H groups in total. The average Bonchev–Trinajstić information content (AvgIpc) is 2.16. The maximum absolute atomic E-state index is 11.3. The first kappa shape index (κ1) is 10.4. The van der Waals surface area contributed by atoms with Crippen molar-refractivity contribution < 1.29 is 4.79 Å². The van der Waals surface area contributed by atoms with Gasteiger partial charge in [0.05, 0.1) is 0 Å². The lowest BCUT2D eigenvalue weighted by molar-refractivity contribution is -0.123. The van der Waals surface area contributed by atoms with Crippen LogP contribution >= 0.6 is 0 Å². The monoisotopic (exact) mass is 190 g/mol. The van der Waals surface area contributed by atoms with Crippen LogP contribution in [0.1, 0.15) is 11.1 Å². The predicted molar refractivity (Wildman–Crippen MR) is 56.7 cm³/mol. The number of likely N-dealkylation sites (N-methyl/N-ethyl adjacent to an activating group) is 1. The van der Waals surface area contributed by atoms with Gasteiger partial charge in [-0.2, -0.15) is 0 Å². The Kier molecular flexibility index (Phi) is 3.40. The summed E-state index contributed by atoms with van der Waals surface area (Å²) in [7, 11) is 3.46. The highest BCUT2D eigenvalue weighted by atomic mass is 16.2. The van der Waals surface area contributed by atoms with Gasteiger partial charge in [0.1, 0.15) is 0 Å². The lowest BCUT2D eigenvalue weighted by atomic mass is 10.1. The third-order valence-electron chi connectivity index (χ3n) is 1.91. The summed E-state index contributed by atoms with van der Waals surface area (Å²) < 4.78 is 0. The summed E-state index contributed by atoms with van der Waals surface area (Å²) in [6, 6.07) is 1.88. The number of carbonyl (C=O) groups excluding carboxylic acids is 1. The maximum Gasteiger partial charge on any atom is 0.246 e. The molecule has 0 aromatic carbocycles. The van der Waals surface area contributed by atoms with E-state index in [0.29, 0.717) is 0 Å². The molecule has 3 nitrogen and oxygen atoms in total. The Morgan fingerprint density at radius 3 is 2.79 bits per heavy atom. The van der Waals surface area contributed by atoms with Crippen molar-refractivity contribution in [2.45, 2.75) is 6.92 Å². The first-order valence-corrected chi connectivity index (χ1v) is 4.41. The number of nitrogens with zero attached hydrogens (tertiary/aromatic N) is 2. The summed E-state index contributed by atoms with van der Waals surface area (Å²) in [5.74, 6) is -0.0128. The smallest absolute Gasteiger partial charge is 0.246 e. The molecular weight excluding hydrogens is 176 g/mol. The topological polar surface area (TPSA) is 33.2 Å². The van der Waals surface area contributed by atoms with Gasteiger partial charge in [0.15, 0.2) is 0 Å². The van der Waals surface area contributed by atoms with E-state index < -0.39 is 0 Å². The van der Waals surface area contributed by atoms with E-state index in [1.54, 1.807) is 38.6 Å². The largest absolute Gasteiger partial charge is 0.345 e. The van der Waals surface area contributed by atoms with Crippen molar-refractivity contribution in [2.75, 3.05) is 14.1 Å². The Morgan fingerprint density at radius 2 is 2.21 bits per heavy atom. The van der Waals surface area contributed by atoms with Crippen LogP contribution in [0, 0.1) is 6.92 Å². The highest BCUT2D eigenvalue weighted by Crippen LogP contribution is 2.06. The van der Waals surface area contributed by atoms with E-state index in [2.05, 4.69) is 4.98 Å². The Bertz CT molecular complexity index is 356.